The molecular weight excluding hydrogens is 382 g/mol. The van der Waals surface area contributed by atoms with Crippen LogP contribution in [0.1, 0.15) is 21.5 Å². The lowest BCUT2D eigenvalue weighted by Crippen LogP contribution is -2.06. The predicted molar refractivity (Wildman–Crippen MR) is 103 cm³/mol. The maximum absolute atomic E-state index is 12.5. The van der Waals surface area contributed by atoms with Crippen LogP contribution in [0.5, 0.6) is 5.75 Å². The molecule has 0 radical (unpaired) electrons. The summed E-state index contributed by atoms with van der Waals surface area (Å²) >= 11 is 0. The zero-order chi connectivity index (χ0) is 20.8. The molecule has 0 amide bonds. The maximum atomic E-state index is 12.5. The van der Waals surface area contributed by atoms with Gasteiger partial charge in [0.25, 0.3) is 5.69 Å². The minimum absolute atomic E-state index is 0.0264. The van der Waals surface area contributed by atoms with E-state index in [0.29, 0.717) is 11.1 Å². The Bertz CT molecular complexity index is 1010. The Morgan fingerprint density at radius 3 is 2.31 bits per heavy atom. The zero-order valence-corrected chi connectivity index (χ0v) is 15.0. The number of alkyl halides is 2. The lowest BCUT2D eigenvalue weighted by Gasteiger charge is -2.10. The molecule has 0 aromatic heterocycles. The number of nitrogens with one attached hydrogen (secondary N) is 1. The highest BCUT2D eigenvalue weighted by Gasteiger charge is 2.18. The highest BCUT2D eigenvalue weighted by atomic mass is 19.3. The van der Waals surface area contributed by atoms with E-state index in [0.717, 1.165) is 0 Å². The molecule has 0 unspecified atom stereocenters. The summed E-state index contributed by atoms with van der Waals surface area (Å²) in [6.07, 6.45) is 0. The normalized spacial score (nSPS) is 10.6. The van der Waals surface area contributed by atoms with E-state index in [1.54, 1.807) is 42.5 Å². The Labute approximate surface area is 164 Å². The van der Waals surface area contributed by atoms with Gasteiger partial charge in [0.05, 0.1) is 4.92 Å². The van der Waals surface area contributed by atoms with E-state index in [9.17, 15) is 23.7 Å². The van der Waals surface area contributed by atoms with Gasteiger partial charge >= 0.3 is 6.61 Å². The van der Waals surface area contributed by atoms with Gasteiger partial charge in [-0.25, -0.2) is 0 Å². The van der Waals surface area contributed by atoms with Gasteiger partial charge in [0.1, 0.15) is 11.4 Å². The first kappa shape index (κ1) is 19.9. The topological polar surface area (TPSA) is 81.5 Å². The molecule has 8 heteroatoms. The summed E-state index contributed by atoms with van der Waals surface area (Å²) in [6.45, 7) is -2.68. The van der Waals surface area contributed by atoms with Gasteiger partial charge in [0.2, 0.25) is 0 Å². The van der Waals surface area contributed by atoms with Crippen molar-refractivity contribution in [2.45, 2.75) is 13.2 Å². The summed E-state index contributed by atoms with van der Waals surface area (Å²) in [7, 11) is 0. The highest BCUT2D eigenvalue weighted by molar-refractivity contribution is 6.09. The van der Waals surface area contributed by atoms with Crippen LogP contribution in [0.25, 0.3) is 0 Å². The van der Waals surface area contributed by atoms with Crippen LogP contribution in [-0.2, 0) is 6.54 Å². The summed E-state index contributed by atoms with van der Waals surface area (Å²) in [4.78, 5) is 23.4. The summed E-state index contributed by atoms with van der Waals surface area (Å²) < 4.78 is 28.7. The number of anilines is 1. The SMILES string of the molecule is O=C(c1ccccc1)c1ccc(NCc2ccc(OC(F)F)cc2)c([N+](=O)[O-])c1. The average molecular weight is 398 g/mol. The minimum Gasteiger partial charge on any atom is -0.435 e. The molecule has 0 aliphatic heterocycles. The molecule has 0 bridgehead atoms. The minimum atomic E-state index is -2.90. The van der Waals surface area contributed by atoms with Gasteiger partial charge in [-0.1, -0.05) is 42.5 Å². The molecule has 1 N–H and O–H groups in total. The third-order valence-electron chi connectivity index (χ3n) is 4.12. The molecule has 0 spiro atoms. The molecule has 3 aromatic carbocycles. The Kier molecular flexibility index (Phi) is 6.13. The van der Waals surface area contributed by atoms with Gasteiger partial charge in [-0.2, -0.15) is 8.78 Å². The van der Waals surface area contributed by atoms with Crippen molar-refractivity contribution in [1.29, 1.82) is 0 Å². The maximum Gasteiger partial charge on any atom is 0.387 e. The molecule has 148 valence electrons. The largest absolute Gasteiger partial charge is 0.435 e. The molecule has 0 heterocycles. The Balaban J connectivity index is 1.75. The number of hydrogen-bond donors (Lipinski definition) is 1. The van der Waals surface area contributed by atoms with Crippen molar-refractivity contribution in [2.24, 2.45) is 0 Å². The van der Waals surface area contributed by atoms with Gasteiger partial charge < -0.3 is 10.1 Å². The Morgan fingerprint density at radius 2 is 1.69 bits per heavy atom. The molecule has 29 heavy (non-hydrogen) atoms. The second-order valence-electron chi connectivity index (χ2n) is 6.06. The summed E-state index contributed by atoms with van der Waals surface area (Å²) in [5.41, 5.74) is 1.37. The van der Waals surface area contributed by atoms with Gasteiger partial charge in [-0.15, -0.1) is 0 Å². The van der Waals surface area contributed by atoms with Crippen LogP contribution in [0.3, 0.4) is 0 Å². The van der Waals surface area contributed by atoms with Gasteiger partial charge in [-0.05, 0) is 29.8 Å². The molecular formula is C21H16F2N2O4. The predicted octanol–water partition coefficient (Wildman–Crippen LogP) is 5.04. The summed E-state index contributed by atoms with van der Waals surface area (Å²) in [5, 5.41) is 14.4. The molecule has 0 atom stereocenters. The number of carbonyl (C=O) groups is 1. The van der Waals surface area contributed by atoms with Crippen LogP contribution in [0, 0.1) is 10.1 Å². The first-order valence-corrected chi connectivity index (χ1v) is 8.60. The van der Waals surface area contributed by atoms with Crippen molar-refractivity contribution in [1.82, 2.24) is 0 Å². The Hall–Kier alpha value is -3.81. The van der Waals surface area contributed by atoms with Crippen LogP contribution in [0.2, 0.25) is 0 Å². The van der Waals surface area contributed by atoms with Gasteiger partial charge in [0.15, 0.2) is 5.78 Å². The smallest absolute Gasteiger partial charge is 0.387 e. The standard InChI is InChI=1S/C21H16F2N2O4/c22-21(23)29-17-9-6-14(7-10-17)13-24-18-11-8-16(12-19(18)25(27)28)20(26)15-4-2-1-3-5-15/h1-12,21,24H,13H2. The quantitative estimate of drug-likeness (QED) is 0.327. The van der Waals surface area contributed by atoms with E-state index < -0.39 is 11.5 Å². The van der Waals surface area contributed by atoms with E-state index in [4.69, 9.17) is 0 Å². The number of ether oxygens (including phenoxy) is 1. The van der Waals surface area contributed by atoms with E-state index in [2.05, 4.69) is 10.1 Å². The van der Waals surface area contributed by atoms with E-state index >= 15 is 0 Å². The van der Waals surface area contributed by atoms with Crippen LogP contribution in [-0.4, -0.2) is 17.3 Å². The summed E-state index contributed by atoms with van der Waals surface area (Å²) in [5.74, 6) is -0.284. The molecule has 3 aromatic rings. The van der Waals surface area contributed by atoms with E-state index in [-0.39, 0.29) is 35.0 Å². The van der Waals surface area contributed by atoms with Crippen LogP contribution in [0.4, 0.5) is 20.2 Å². The van der Waals surface area contributed by atoms with E-state index in [1.165, 1.54) is 30.3 Å². The fraction of sp³-hybridized carbons (Fsp3) is 0.0952. The van der Waals surface area contributed by atoms with E-state index in [1.807, 2.05) is 0 Å². The second-order valence-corrected chi connectivity index (χ2v) is 6.06. The first-order valence-electron chi connectivity index (χ1n) is 8.60. The number of nitro benzene ring substituents is 1. The number of rotatable bonds is 8. The molecule has 0 aliphatic carbocycles. The summed E-state index contributed by atoms with van der Waals surface area (Å²) in [6, 6.07) is 18.6. The number of halogens is 2. The number of hydrogen-bond acceptors (Lipinski definition) is 5. The third kappa shape index (κ3) is 5.13. The van der Waals surface area contributed by atoms with Crippen LogP contribution >= 0.6 is 0 Å². The van der Waals surface area contributed by atoms with Crippen molar-refractivity contribution < 1.29 is 23.2 Å². The van der Waals surface area contributed by atoms with Crippen molar-refractivity contribution in [2.75, 3.05) is 5.32 Å². The van der Waals surface area contributed by atoms with Crippen molar-refractivity contribution in [3.63, 3.8) is 0 Å². The number of nitro groups is 1. The zero-order valence-electron chi connectivity index (χ0n) is 15.0. The van der Waals surface area contributed by atoms with Crippen LogP contribution in [0.15, 0.2) is 72.8 Å². The number of nitrogens with zero attached hydrogens (tertiary/aromatic N) is 1. The lowest BCUT2D eigenvalue weighted by molar-refractivity contribution is -0.384. The number of ketones is 1. The molecule has 3 rings (SSSR count). The molecule has 0 aliphatic rings. The average Bonchev–Trinajstić information content (AvgIpc) is 2.73. The van der Waals surface area contributed by atoms with Crippen molar-refractivity contribution in [3.05, 3.63) is 99.6 Å². The van der Waals surface area contributed by atoms with Crippen LogP contribution < -0.4 is 10.1 Å². The highest BCUT2D eigenvalue weighted by Crippen LogP contribution is 2.27. The molecule has 0 saturated heterocycles. The van der Waals surface area contributed by atoms with Crippen molar-refractivity contribution >= 4 is 17.2 Å². The van der Waals surface area contributed by atoms with Gasteiger partial charge in [0, 0.05) is 23.7 Å². The van der Waals surface area contributed by atoms with Gasteiger partial charge in [-0.3, -0.25) is 14.9 Å². The third-order valence-corrected chi connectivity index (χ3v) is 4.12. The van der Waals surface area contributed by atoms with Crippen molar-refractivity contribution in [3.8, 4) is 5.75 Å². The molecule has 6 nitrogen and oxygen atoms in total. The number of carbonyl (C=O) groups excluding carboxylic acids is 1. The number of benzene rings is 3. The Morgan fingerprint density at radius 1 is 1.00 bits per heavy atom. The second kappa shape index (κ2) is 8.92. The molecule has 0 saturated carbocycles. The fourth-order valence-corrected chi connectivity index (χ4v) is 2.72. The monoisotopic (exact) mass is 398 g/mol. The fourth-order valence-electron chi connectivity index (χ4n) is 2.72. The molecule has 0 fully saturated rings. The lowest BCUT2D eigenvalue weighted by atomic mass is 10.0. The first-order chi connectivity index (χ1) is 13.9.